The lowest BCUT2D eigenvalue weighted by atomic mass is 9.98. The Morgan fingerprint density at radius 1 is 1.03 bits per heavy atom. The number of ether oxygens (including phenoxy) is 1. The highest BCUT2D eigenvalue weighted by molar-refractivity contribution is 5.82. The third kappa shape index (κ3) is 5.28. The summed E-state index contributed by atoms with van der Waals surface area (Å²) < 4.78 is 5.56. The van der Waals surface area contributed by atoms with Gasteiger partial charge < -0.3 is 20.1 Å². The van der Waals surface area contributed by atoms with E-state index in [0.29, 0.717) is 6.42 Å². The monoisotopic (exact) mass is 438 g/mol. The van der Waals surface area contributed by atoms with Gasteiger partial charge in [0, 0.05) is 24.4 Å². The van der Waals surface area contributed by atoms with Gasteiger partial charge in [-0.05, 0) is 42.5 Å². The first-order valence-electron chi connectivity index (χ1n) is 10.9. The number of hydrogen-bond acceptors (Lipinski definition) is 4. The number of carbonyl (C=O) groups is 3. The van der Waals surface area contributed by atoms with Gasteiger partial charge in [-0.15, -0.1) is 0 Å². The minimum absolute atomic E-state index is 0.0200. The van der Waals surface area contributed by atoms with E-state index in [4.69, 9.17) is 9.84 Å². The Bertz CT molecular complexity index is 942. The van der Waals surface area contributed by atoms with Gasteiger partial charge in [0.15, 0.2) is 0 Å². The highest BCUT2D eigenvalue weighted by Crippen LogP contribution is 2.44. The quantitative estimate of drug-likeness (QED) is 0.617. The van der Waals surface area contributed by atoms with E-state index in [1.165, 1.54) is 4.90 Å². The number of carboxylic acids is 1. The van der Waals surface area contributed by atoms with Crippen molar-refractivity contribution >= 4 is 18.0 Å². The SMILES string of the molecule is CC[C@H](CC(=O)N(CC(=O)O)C(C)C)NC(=O)OCC1c2ccccc2-c2ccccc21. The average Bonchev–Trinajstić information content (AvgIpc) is 3.09. The van der Waals surface area contributed by atoms with Crippen molar-refractivity contribution in [1.29, 1.82) is 0 Å². The molecule has 0 spiro atoms. The topological polar surface area (TPSA) is 95.9 Å². The predicted molar refractivity (Wildman–Crippen MR) is 121 cm³/mol. The van der Waals surface area contributed by atoms with Gasteiger partial charge in [0.1, 0.15) is 13.2 Å². The van der Waals surface area contributed by atoms with Crippen molar-refractivity contribution in [3.63, 3.8) is 0 Å². The number of aliphatic carboxylic acids is 1. The van der Waals surface area contributed by atoms with Gasteiger partial charge in [-0.3, -0.25) is 9.59 Å². The Labute approximate surface area is 188 Å². The molecule has 0 saturated heterocycles. The number of nitrogens with zero attached hydrogens (tertiary/aromatic N) is 1. The van der Waals surface area contributed by atoms with Crippen molar-refractivity contribution in [1.82, 2.24) is 10.2 Å². The van der Waals surface area contributed by atoms with Crippen molar-refractivity contribution in [2.45, 2.75) is 51.6 Å². The van der Waals surface area contributed by atoms with Crippen molar-refractivity contribution in [2.75, 3.05) is 13.2 Å². The third-order valence-corrected chi connectivity index (χ3v) is 5.83. The second-order valence-corrected chi connectivity index (χ2v) is 8.29. The number of carboxylic acid groups (broad SMARTS) is 1. The summed E-state index contributed by atoms with van der Waals surface area (Å²) in [5.41, 5.74) is 4.57. The smallest absolute Gasteiger partial charge is 0.407 e. The standard InChI is InChI=1S/C25H30N2O5/c1-4-17(13-23(28)27(16(2)3)14-24(29)30)26-25(31)32-15-22-20-11-7-5-9-18(20)19-10-6-8-12-21(19)22/h5-12,16-17,22H,4,13-15H2,1-3H3,(H,26,31)(H,29,30)/t17-/m1/s1. The molecule has 1 aliphatic carbocycles. The molecule has 7 nitrogen and oxygen atoms in total. The first kappa shape index (κ1) is 23.3. The first-order valence-corrected chi connectivity index (χ1v) is 10.9. The molecule has 2 N–H and O–H groups in total. The minimum Gasteiger partial charge on any atom is -0.480 e. The molecule has 1 aliphatic rings. The van der Waals surface area contributed by atoms with Crippen molar-refractivity contribution < 1.29 is 24.2 Å². The van der Waals surface area contributed by atoms with Gasteiger partial charge in [0.25, 0.3) is 0 Å². The van der Waals surface area contributed by atoms with Gasteiger partial charge in [0.05, 0.1) is 0 Å². The molecule has 0 heterocycles. The van der Waals surface area contributed by atoms with Crippen LogP contribution >= 0.6 is 0 Å². The van der Waals surface area contributed by atoms with Crippen LogP contribution in [0.25, 0.3) is 11.1 Å². The van der Waals surface area contributed by atoms with Crippen LogP contribution in [0.1, 0.15) is 50.7 Å². The number of hydrogen-bond donors (Lipinski definition) is 2. The summed E-state index contributed by atoms with van der Waals surface area (Å²) in [5.74, 6) is -1.42. The molecule has 7 heteroatoms. The summed E-state index contributed by atoms with van der Waals surface area (Å²) in [6.07, 6.45) is -0.0398. The second-order valence-electron chi connectivity index (χ2n) is 8.29. The zero-order valence-corrected chi connectivity index (χ0v) is 18.7. The maximum atomic E-state index is 12.6. The largest absolute Gasteiger partial charge is 0.480 e. The van der Waals surface area contributed by atoms with Gasteiger partial charge in [0.2, 0.25) is 5.91 Å². The number of fused-ring (bicyclic) bond motifs is 3. The molecule has 0 unspecified atom stereocenters. The van der Waals surface area contributed by atoms with Crippen LogP contribution in [0.3, 0.4) is 0 Å². The first-order chi connectivity index (χ1) is 15.3. The van der Waals surface area contributed by atoms with Gasteiger partial charge in [-0.2, -0.15) is 0 Å². The predicted octanol–water partition coefficient (Wildman–Crippen LogP) is 4.02. The molecule has 0 saturated carbocycles. The van der Waals surface area contributed by atoms with E-state index in [0.717, 1.165) is 22.3 Å². The molecule has 3 rings (SSSR count). The molecule has 1 atom stereocenters. The van der Waals surface area contributed by atoms with E-state index in [1.54, 1.807) is 13.8 Å². The highest BCUT2D eigenvalue weighted by Gasteiger charge is 2.29. The van der Waals surface area contributed by atoms with Crippen LogP contribution in [0.15, 0.2) is 48.5 Å². The lowest BCUT2D eigenvalue weighted by molar-refractivity contribution is -0.146. The van der Waals surface area contributed by atoms with Gasteiger partial charge >= 0.3 is 12.1 Å². The molecule has 0 fully saturated rings. The lowest BCUT2D eigenvalue weighted by Gasteiger charge is -2.27. The Hall–Kier alpha value is -3.35. The fourth-order valence-electron chi connectivity index (χ4n) is 4.14. The Kier molecular flexibility index (Phi) is 7.51. The van der Waals surface area contributed by atoms with Crippen molar-refractivity contribution in [3.8, 4) is 11.1 Å². The number of amides is 2. The van der Waals surface area contributed by atoms with E-state index in [1.807, 2.05) is 31.2 Å². The molecule has 2 aromatic rings. The molecule has 0 aromatic heterocycles. The number of nitrogens with one attached hydrogen (secondary N) is 1. The van der Waals surface area contributed by atoms with E-state index >= 15 is 0 Å². The summed E-state index contributed by atoms with van der Waals surface area (Å²) >= 11 is 0. The highest BCUT2D eigenvalue weighted by atomic mass is 16.5. The maximum absolute atomic E-state index is 12.6. The van der Waals surface area contributed by atoms with Crippen LogP contribution in [0.5, 0.6) is 0 Å². The molecule has 0 bridgehead atoms. The van der Waals surface area contributed by atoms with Crippen LogP contribution in [0.2, 0.25) is 0 Å². The van der Waals surface area contributed by atoms with E-state index in [2.05, 4.69) is 29.6 Å². The van der Waals surface area contributed by atoms with Crippen LogP contribution in [-0.2, 0) is 14.3 Å². The van der Waals surface area contributed by atoms with Crippen LogP contribution in [-0.4, -0.2) is 53.2 Å². The molecule has 0 aliphatic heterocycles. The van der Waals surface area contributed by atoms with Gasteiger partial charge in [-0.25, -0.2) is 4.79 Å². The molecule has 0 radical (unpaired) electrons. The average molecular weight is 439 g/mol. The van der Waals surface area contributed by atoms with E-state index in [-0.39, 0.29) is 37.4 Å². The lowest BCUT2D eigenvalue weighted by Crippen LogP contribution is -2.45. The summed E-state index contributed by atoms with van der Waals surface area (Å²) in [5, 5.41) is 11.8. The van der Waals surface area contributed by atoms with E-state index in [9.17, 15) is 14.4 Å². The summed E-state index contributed by atoms with van der Waals surface area (Å²) in [4.78, 5) is 37.4. The number of alkyl carbamates (subject to hydrolysis) is 1. The fraction of sp³-hybridized carbons (Fsp3) is 0.400. The molecular formula is C25H30N2O5. The van der Waals surface area contributed by atoms with Crippen molar-refractivity contribution in [3.05, 3.63) is 59.7 Å². The minimum atomic E-state index is -1.07. The van der Waals surface area contributed by atoms with E-state index < -0.39 is 18.1 Å². The van der Waals surface area contributed by atoms with Crippen LogP contribution < -0.4 is 5.32 Å². The number of rotatable bonds is 9. The Morgan fingerprint density at radius 2 is 1.59 bits per heavy atom. The van der Waals surface area contributed by atoms with Crippen LogP contribution in [0.4, 0.5) is 4.79 Å². The Balaban J connectivity index is 1.60. The molecule has 2 amide bonds. The molecule has 2 aromatic carbocycles. The number of benzene rings is 2. The number of carbonyl (C=O) groups excluding carboxylic acids is 2. The Morgan fingerprint density at radius 3 is 2.09 bits per heavy atom. The van der Waals surface area contributed by atoms with Gasteiger partial charge in [-0.1, -0.05) is 55.5 Å². The summed E-state index contributed by atoms with van der Waals surface area (Å²) in [6.45, 7) is 5.22. The zero-order valence-electron chi connectivity index (χ0n) is 18.7. The molecular weight excluding hydrogens is 408 g/mol. The van der Waals surface area contributed by atoms with Crippen molar-refractivity contribution in [2.24, 2.45) is 0 Å². The second kappa shape index (κ2) is 10.3. The molecule has 170 valence electrons. The molecule has 32 heavy (non-hydrogen) atoms. The van der Waals surface area contributed by atoms with Crippen LogP contribution in [0, 0.1) is 0 Å². The fourth-order valence-corrected chi connectivity index (χ4v) is 4.14. The zero-order chi connectivity index (χ0) is 23.3. The third-order valence-electron chi connectivity index (χ3n) is 5.83. The maximum Gasteiger partial charge on any atom is 0.407 e. The summed E-state index contributed by atoms with van der Waals surface area (Å²) in [6, 6.07) is 15.5. The summed E-state index contributed by atoms with van der Waals surface area (Å²) in [7, 11) is 0. The normalized spacial score (nSPS) is 13.2.